The molecule has 2 rings (SSSR count). The molecule has 0 aromatic carbocycles. The standard InChI is InChI=1S/C11H19NO2/c1-8-4-6-12(10(8)11(13)14)7-5-9-2-3-9/h8-10H,2-7H2,1H3,(H,13,14). The van der Waals surface area contributed by atoms with Crippen LogP contribution < -0.4 is 0 Å². The quantitative estimate of drug-likeness (QED) is 0.744. The van der Waals surface area contributed by atoms with Crippen LogP contribution >= 0.6 is 0 Å². The Morgan fingerprint density at radius 2 is 2.14 bits per heavy atom. The number of carbonyl (C=O) groups is 1. The smallest absolute Gasteiger partial charge is 0.321 e. The molecule has 1 N–H and O–H groups in total. The first-order chi connectivity index (χ1) is 6.68. The molecule has 1 saturated heterocycles. The Bertz CT molecular complexity index is 225. The fraction of sp³-hybridized carbons (Fsp3) is 0.909. The Morgan fingerprint density at radius 1 is 1.43 bits per heavy atom. The van der Waals surface area contributed by atoms with Gasteiger partial charge in [0.25, 0.3) is 0 Å². The van der Waals surface area contributed by atoms with Crippen LogP contribution in [-0.4, -0.2) is 35.1 Å². The van der Waals surface area contributed by atoms with Crippen molar-refractivity contribution >= 4 is 5.97 Å². The molecule has 0 spiro atoms. The molecule has 0 radical (unpaired) electrons. The number of hydrogen-bond donors (Lipinski definition) is 1. The molecule has 1 aliphatic carbocycles. The third-order valence-electron chi connectivity index (χ3n) is 3.58. The molecular formula is C11H19NO2. The number of aliphatic carboxylic acids is 1. The average molecular weight is 197 g/mol. The van der Waals surface area contributed by atoms with Crippen molar-refractivity contribution in [2.75, 3.05) is 13.1 Å². The number of hydrogen-bond acceptors (Lipinski definition) is 2. The predicted molar refractivity (Wildman–Crippen MR) is 54.1 cm³/mol. The minimum Gasteiger partial charge on any atom is -0.480 e. The minimum absolute atomic E-state index is 0.214. The normalized spacial score (nSPS) is 33.5. The fourth-order valence-electron chi connectivity index (χ4n) is 2.43. The van der Waals surface area contributed by atoms with E-state index in [0.29, 0.717) is 5.92 Å². The molecule has 0 aromatic rings. The lowest BCUT2D eigenvalue weighted by molar-refractivity contribution is -0.143. The minimum atomic E-state index is -0.634. The maximum atomic E-state index is 11.0. The van der Waals surface area contributed by atoms with Crippen LogP contribution in [0.3, 0.4) is 0 Å². The van der Waals surface area contributed by atoms with Crippen LogP contribution in [0.15, 0.2) is 0 Å². The van der Waals surface area contributed by atoms with Gasteiger partial charge in [-0.2, -0.15) is 0 Å². The van der Waals surface area contributed by atoms with E-state index in [-0.39, 0.29) is 6.04 Å². The summed E-state index contributed by atoms with van der Waals surface area (Å²) in [5.41, 5.74) is 0. The van der Waals surface area contributed by atoms with E-state index in [1.54, 1.807) is 0 Å². The van der Waals surface area contributed by atoms with E-state index in [0.717, 1.165) is 25.4 Å². The highest BCUT2D eigenvalue weighted by Gasteiger charge is 2.37. The summed E-state index contributed by atoms with van der Waals surface area (Å²) in [7, 11) is 0. The van der Waals surface area contributed by atoms with Gasteiger partial charge in [0.15, 0.2) is 0 Å². The van der Waals surface area contributed by atoms with Gasteiger partial charge in [0.2, 0.25) is 0 Å². The molecule has 3 heteroatoms. The maximum absolute atomic E-state index is 11.0. The summed E-state index contributed by atoms with van der Waals surface area (Å²) in [6, 6.07) is -0.214. The lowest BCUT2D eigenvalue weighted by Gasteiger charge is -2.22. The van der Waals surface area contributed by atoms with Crippen molar-refractivity contribution in [2.24, 2.45) is 11.8 Å². The van der Waals surface area contributed by atoms with Gasteiger partial charge in [-0.05, 0) is 37.8 Å². The van der Waals surface area contributed by atoms with E-state index in [2.05, 4.69) is 11.8 Å². The fourth-order valence-corrected chi connectivity index (χ4v) is 2.43. The number of rotatable bonds is 4. The number of carboxylic acid groups (broad SMARTS) is 1. The Morgan fingerprint density at radius 3 is 2.71 bits per heavy atom. The summed E-state index contributed by atoms with van der Waals surface area (Å²) in [6.07, 6.45) is 4.97. The van der Waals surface area contributed by atoms with Crippen LogP contribution in [0.4, 0.5) is 0 Å². The van der Waals surface area contributed by atoms with Crippen molar-refractivity contribution in [3.63, 3.8) is 0 Å². The third-order valence-corrected chi connectivity index (χ3v) is 3.58. The van der Waals surface area contributed by atoms with E-state index in [1.807, 2.05) is 0 Å². The third kappa shape index (κ3) is 2.08. The molecule has 1 heterocycles. The zero-order valence-corrected chi connectivity index (χ0v) is 8.78. The largest absolute Gasteiger partial charge is 0.480 e. The molecule has 2 aliphatic rings. The summed E-state index contributed by atoms with van der Waals surface area (Å²) in [4.78, 5) is 13.2. The highest BCUT2D eigenvalue weighted by Crippen LogP contribution is 2.34. The van der Waals surface area contributed by atoms with Gasteiger partial charge in [-0.15, -0.1) is 0 Å². The highest BCUT2D eigenvalue weighted by atomic mass is 16.4. The first kappa shape index (κ1) is 9.97. The van der Waals surface area contributed by atoms with Gasteiger partial charge in [0.1, 0.15) is 6.04 Å². The second-order valence-corrected chi connectivity index (χ2v) is 4.82. The zero-order chi connectivity index (χ0) is 10.1. The first-order valence-corrected chi connectivity index (χ1v) is 5.65. The molecule has 2 atom stereocenters. The van der Waals surface area contributed by atoms with Crippen LogP contribution in [0.5, 0.6) is 0 Å². The molecular weight excluding hydrogens is 178 g/mol. The SMILES string of the molecule is CC1CCN(CCC2CC2)C1C(=O)O. The molecule has 14 heavy (non-hydrogen) atoms. The topological polar surface area (TPSA) is 40.5 Å². The molecule has 3 nitrogen and oxygen atoms in total. The van der Waals surface area contributed by atoms with Gasteiger partial charge in [0.05, 0.1) is 0 Å². The molecule has 2 unspecified atom stereocenters. The number of likely N-dealkylation sites (tertiary alicyclic amines) is 1. The Balaban J connectivity index is 1.85. The van der Waals surface area contributed by atoms with E-state index in [4.69, 9.17) is 5.11 Å². The predicted octanol–water partition coefficient (Wildman–Crippen LogP) is 1.58. The first-order valence-electron chi connectivity index (χ1n) is 5.65. The Hall–Kier alpha value is -0.570. The van der Waals surface area contributed by atoms with Gasteiger partial charge >= 0.3 is 5.97 Å². The van der Waals surface area contributed by atoms with Crippen molar-refractivity contribution < 1.29 is 9.90 Å². The van der Waals surface area contributed by atoms with E-state index in [9.17, 15) is 4.79 Å². The van der Waals surface area contributed by atoms with Crippen LogP contribution in [-0.2, 0) is 4.79 Å². The second-order valence-electron chi connectivity index (χ2n) is 4.82. The van der Waals surface area contributed by atoms with Gasteiger partial charge < -0.3 is 5.11 Å². The lowest BCUT2D eigenvalue weighted by atomic mass is 10.0. The van der Waals surface area contributed by atoms with Gasteiger partial charge in [0, 0.05) is 0 Å². The summed E-state index contributed by atoms with van der Waals surface area (Å²) in [5, 5.41) is 9.09. The summed E-state index contributed by atoms with van der Waals surface area (Å²) < 4.78 is 0. The molecule has 0 aromatic heterocycles. The van der Waals surface area contributed by atoms with Crippen molar-refractivity contribution in [3.8, 4) is 0 Å². The molecule has 0 amide bonds. The maximum Gasteiger partial charge on any atom is 0.321 e. The monoisotopic (exact) mass is 197 g/mol. The second kappa shape index (κ2) is 3.89. The summed E-state index contributed by atoms with van der Waals surface area (Å²) in [5.74, 6) is 0.595. The molecule has 2 fully saturated rings. The van der Waals surface area contributed by atoms with Crippen LogP contribution in [0.25, 0.3) is 0 Å². The van der Waals surface area contributed by atoms with E-state index < -0.39 is 5.97 Å². The van der Waals surface area contributed by atoms with Crippen LogP contribution in [0.1, 0.15) is 32.6 Å². The van der Waals surface area contributed by atoms with Crippen molar-refractivity contribution in [1.29, 1.82) is 0 Å². The molecule has 1 saturated carbocycles. The number of nitrogens with zero attached hydrogens (tertiary/aromatic N) is 1. The van der Waals surface area contributed by atoms with Crippen molar-refractivity contribution in [2.45, 2.75) is 38.6 Å². The zero-order valence-electron chi connectivity index (χ0n) is 8.78. The van der Waals surface area contributed by atoms with Crippen LogP contribution in [0.2, 0.25) is 0 Å². The van der Waals surface area contributed by atoms with Gasteiger partial charge in [-0.3, -0.25) is 9.69 Å². The molecule has 1 aliphatic heterocycles. The van der Waals surface area contributed by atoms with Gasteiger partial charge in [-0.25, -0.2) is 0 Å². The Kier molecular flexibility index (Phi) is 2.77. The van der Waals surface area contributed by atoms with Gasteiger partial charge in [-0.1, -0.05) is 19.8 Å². The summed E-state index contributed by atoms with van der Waals surface area (Å²) in [6.45, 7) is 4.02. The van der Waals surface area contributed by atoms with Crippen molar-refractivity contribution in [1.82, 2.24) is 4.90 Å². The summed E-state index contributed by atoms with van der Waals surface area (Å²) >= 11 is 0. The molecule has 80 valence electrons. The van der Waals surface area contributed by atoms with E-state index in [1.165, 1.54) is 19.3 Å². The number of carboxylic acids is 1. The average Bonchev–Trinajstić information content (AvgIpc) is 2.86. The highest BCUT2D eigenvalue weighted by molar-refractivity contribution is 5.74. The Labute approximate surface area is 85.1 Å². The molecule has 0 bridgehead atoms. The lowest BCUT2D eigenvalue weighted by Crippen LogP contribution is -2.39. The van der Waals surface area contributed by atoms with Crippen LogP contribution in [0, 0.1) is 11.8 Å². The van der Waals surface area contributed by atoms with E-state index >= 15 is 0 Å². The van der Waals surface area contributed by atoms with Crippen molar-refractivity contribution in [3.05, 3.63) is 0 Å².